The van der Waals surface area contributed by atoms with E-state index in [-0.39, 0.29) is 11.6 Å². The fourth-order valence-corrected chi connectivity index (χ4v) is 5.71. The van der Waals surface area contributed by atoms with Crippen molar-refractivity contribution < 1.29 is 4.79 Å². The minimum Gasteiger partial charge on any atom is -0.383 e. The quantitative estimate of drug-likeness (QED) is 0.288. The van der Waals surface area contributed by atoms with Gasteiger partial charge in [-0.3, -0.25) is 14.3 Å². The molecule has 0 spiro atoms. The highest BCUT2D eigenvalue weighted by Gasteiger charge is 2.24. The van der Waals surface area contributed by atoms with Gasteiger partial charge in [-0.25, -0.2) is 19.9 Å². The van der Waals surface area contributed by atoms with Crippen LogP contribution in [0.5, 0.6) is 0 Å². The zero-order valence-corrected chi connectivity index (χ0v) is 24.4. The van der Waals surface area contributed by atoms with Crippen molar-refractivity contribution >= 4 is 22.9 Å². The van der Waals surface area contributed by atoms with E-state index in [4.69, 9.17) is 15.7 Å². The van der Waals surface area contributed by atoms with Gasteiger partial charge in [-0.2, -0.15) is 5.26 Å². The number of anilines is 1. The molecular formula is C35H29N9O. The van der Waals surface area contributed by atoms with Gasteiger partial charge in [0.25, 0.3) is 5.91 Å². The molecule has 6 aromatic rings. The zero-order valence-electron chi connectivity index (χ0n) is 24.4. The number of aromatic nitrogens is 5. The highest BCUT2D eigenvalue weighted by Crippen LogP contribution is 2.32. The van der Waals surface area contributed by atoms with E-state index in [9.17, 15) is 10.1 Å². The number of pyridine rings is 3. The van der Waals surface area contributed by atoms with Gasteiger partial charge in [0.2, 0.25) is 0 Å². The molecule has 220 valence electrons. The molecule has 1 aliphatic heterocycles. The van der Waals surface area contributed by atoms with E-state index < -0.39 is 0 Å². The molecule has 45 heavy (non-hydrogen) atoms. The lowest BCUT2D eigenvalue weighted by molar-refractivity contribution is 0.0627. The third-order valence-corrected chi connectivity index (χ3v) is 8.06. The summed E-state index contributed by atoms with van der Waals surface area (Å²) in [6.45, 7) is 3.39. The summed E-state index contributed by atoms with van der Waals surface area (Å²) >= 11 is 0. The van der Waals surface area contributed by atoms with E-state index in [0.717, 1.165) is 58.9 Å². The molecule has 7 rings (SSSR count). The van der Waals surface area contributed by atoms with Crippen LogP contribution in [0, 0.1) is 11.3 Å². The first-order valence-electron chi connectivity index (χ1n) is 14.7. The average molecular weight is 592 g/mol. The third kappa shape index (κ3) is 5.48. The molecule has 0 saturated carbocycles. The largest absolute Gasteiger partial charge is 0.383 e. The Morgan fingerprint density at radius 2 is 1.58 bits per heavy atom. The first kappa shape index (κ1) is 27.9. The summed E-state index contributed by atoms with van der Waals surface area (Å²) in [6.07, 6.45) is 3.20. The molecule has 0 atom stereocenters. The van der Waals surface area contributed by atoms with Gasteiger partial charge in [0.05, 0.1) is 16.8 Å². The number of hydrogen-bond donors (Lipinski definition) is 1. The number of carbonyl (C=O) groups excluding carboxylic acids is 1. The maximum Gasteiger partial charge on any atom is 0.256 e. The SMILES string of the molecule is N#Cc1ncccc1C(=O)N1CCN(Cc2ccc(-n3c(-c4cccnc4N)nc4ccc(-c5ccccc5)nc43)cc2)CC1. The Kier molecular flexibility index (Phi) is 7.43. The monoisotopic (exact) mass is 591 g/mol. The Bertz CT molecular complexity index is 2040. The van der Waals surface area contributed by atoms with Crippen LogP contribution in [0.1, 0.15) is 21.6 Å². The number of rotatable bonds is 6. The summed E-state index contributed by atoms with van der Waals surface area (Å²) in [4.78, 5) is 35.5. The second-order valence-corrected chi connectivity index (χ2v) is 10.9. The predicted octanol–water partition coefficient (Wildman–Crippen LogP) is 4.96. The van der Waals surface area contributed by atoms with Gasteiger partial charge in [0, 0.05) is 56.4 Å². The number of nitriles is 1. The molecule has 0 bridgehead atoms. The Balaban J connectivity index is 1.14. The normalized spacial score (nSPS) is 13.5. The van der Waals surface area contributed by atoms with Crippen molar-refractivity contribution in [1.29, 1.82) is 5.26 Å². The summed E-state index contributed by atoms with van der Waals surface area (Å²) in [5, 5.41) is 9.34. The van der Waals surface area contributed by atoms with Crippen LogP contribution < -0.4 is 5.73 Å². The Labute approximate surface area is 260 Å². The van der Waals surface area contributed by atoms with Gasteiger partial charge < -0.3 is 10.6 Å². The lowest BCUT2D eigenvalue weighted by Crippen LogP contribution is -2.48. The van der Waals surface area contributed by atoms with Crippen LogP contribution in [0.25, 0.3) is 39.5 Å². The zero-order chi connectivity index (χ0) is 30.8. The smallest absolute Gasteiger partial charge is 0.256 e. The van der Waals surface area contributed by atoms with Crippen molar-refractivity contribution in [3.8, 4) is 34.4 Å². The number of imidazole rings is 1. The molecule has 10 heteroatoms. The van der Waals surface area contributed by atoms with Crippen LogP contribution in [0.3, 0.4) is 0 Å². The maximum absolute atomic E-state index is 13.0. The Morgan fingerprint density at radius 3 is 2.33 bits per heavy atom. The number of carbonyl (C=O) groups is 1. The Morgan fingerprint density at radius 1 is 0.822 bits per heavy atom. The highest BCUT2D eigenvalue weighted by atomic mass is 16.2. The number of benzene rings is 2. The van der Waals surface area contributed by atoms with Crippen LogP contribution in [-0.4, -0.2) is 66.4 Å². The fourth-order valence-electron chi connectivity index (χ4n) is 5.71. The van der Waals surface area contributed by atoms with Crippen LogP contribution in [0.15, 0.2) is 103 Å². The van der Waals surface area contributed by atoms with Crippen molar-refractivity contribution in [2.24, 2.45) is 0 Å². The molecule has 2 N–H and O–H groups in total. The van der Waals surface area contributed by atoms with Crippen molar-refractivity contribution in [1.82, 2.24) is 34.3 Å². The van der Waals surface area contributed by atoms with Crippen molar-refractivity contribution in [2.45, 2.75) is 6.54 Å². The van der Waals surface area contributed by atoms with E-state index >= 15 is 0 Å². The minimum atomic E-state index is -0.148. The summed E-state index contributed by atoms with van der Waals surface area (Å²) < 4.78 is 2.04. The van der Waals surface area contributed by atoms with Gasteiger partial charge in [-0.1, -0.05) is 42.5 Å². The highest BCUT2D eigenvalue weighted by molar-refractivity contribution is 5.96. The van der Waals surface area contributed by atoms with E-state index in [0.29, 0.717) is 30.3 Å². The minimum absolute atomic E-state index is 0.148. The van der Waals surface area contributed by atoms with Crippen molar-refractivity contribution in [2.75, 3.05) is 31.9 Å². The molecule has 0 unspecified atom stereocenters. The van der Waals surface area contributed by atoms with Gasteiger partial charge in [0.15, 0.2) is 17.2 Å². The topological polar surface area (TPSA) is 130 Å². The number of amides is 1. The van der Waals surface area contributed by atoms with Crippen LogP contribution in [0.2, 0.25) is 0 Å². The third-order valence-electron chi connectivity index (χ3n) is 8.06. The summed E-state index contributed by atoms with van der Waals surface area (Å²) in [5.41, 5.74) is 13.0. The molecular weight excluding hydrogens is 562 g/mol. The molecule has 10 nitrogen and oxygen atoms in total. The lowest BCUT2D eigenvalue weighted by Gasteiger charge is -2.34. The molecule has 5 heterocycles. The number of fused-ring (bicyclic) bond motifs is 1. The molecule has 4 aromatic heterocycles. The second-order valence-electron chi connectivity index (χ2n) is 10.9. The summed E-state index contributed by atoms with van der Waals surface area (Å²) in [5.74, 6) is 0.930. The first-order valence-corrected chi connectivity index (χ1v) is 14.7. The standard InChI is InChI=1S/C35H29N9O/c36-22-31-27(8-4-16-38-31)35(45)43-20-18-42(19-21-43)23-24-10-12-26(13-11-24)44-33(28-9-5-17-39-32(28)37)41-30-15-14-29(40-34(30)44)25-6-2-1-3-7-25/h1-17H,18-21,23H2,(H2,37,39). The molecule has 2 aromatic carbocycles. The lowest BCUT2D eigenvalue weighted by atomic mass is 10.1. The van der Waals surface area contributed by atoms with Crippen molar-refractivity contribution in [3.63, 3.8) is 0 Å². The first-order chi connectivity index (χ1) is 22.1. The maximum atomic E-state index is 13.0. The van der Waals surface area contributed by atoms with E-state index in [2.05, 4.69) is 39.1 Å². The number of nitrogen functional groups attached to an aromatic ring is 1. The van der Waals surface area contributed by atoms with Crippen molar-refractivity contribution in [3.05, 3.63) is 120 Å². The molecule has 1 amide bonds. The molecule has 0 radical (unpaired) electrons. The second kappa shape index (κ2) is 12.0. The fraction of sp³-hybridized carbons (Fsp3) is 0.143. The predicted molar refractivity (Wildman–Crippen MR) is 172 cm³/mol. The van der Waals surface area contributed by atoms with Gasteiger partial charge in [0.1, 0.15) is 17.4 Å². The Hall–Kier alpha value is -5.92. The van der Waals surface area contributed by atoms with E-state index in [1.54, 1.807) is 23.2 Å². The number of nitrogens with zero attached hydrogens (tertiary/aromatic N) is 8. The van der Waals surface area contributed by atoms with E-state index in [1.165, 1.54) is 6.20 Å². The number of hydrogen-bond acceptors (Lipinski definition) is 8. The average Bonchev–Trinajstić information content (AvgIpc) is 3.48. The molecule has 1 fully saturated rings. The summed E-state index contributed by atoms with van der Waals surface area (Å²) in [6, 6.07) is 31.6. The molecule has 1 aliphatic rings. The van der Waals surface area contributed by atoms with Gasteiger partial charge in [-0.15, -0.1) is 0 Å². The van der Waals surface area contributed by atoms with Crippen LogP contribution >= 0.6 is 0 Å². The van der Waals surface area contributed by atoms with Gasteiger partial charge in [-0.05, 0) is 54.1 Å². The molecule has 1 saturated heterocycles. The van der Waals surface area contributed by atoms with Crippen LogP contribution in [-0.2, 0) is 6.54 Å². The van der Waals surface area contributed by atoms with E-state index in [1.807, 2.05) is 65.2 Å². The van der Waals surface area contributed by atoms with Gasteiger partial charge >= 0.3 is 0 Å². The summed E-state index contributed by atoms with van der Waals surface area (Å²) in [7, 11) is 0. The molecule has 0 aliphatic carbocycles. The number of nitrogens with two attached hydrogens (primary N) is 1. The van der Waals surface area contributed by atoms with Crippen LogP contribution in [0.4, 0.5) is 5.82 Å². The number of piperazine rings is 1.